The lowest BCUT2D eigenvalue weighted by Crippen LogP contribution is -2.65. The average molecular weight is 241 g/mol. The number of nitrogens with two attached hydrogens (primary N) is 1. The van der Waals surface area contributed by atoms with Crippen molar-refractivity contribution in [3.05, 3.63) is 0 Å². The molecule has 1 spiro atoms. The van der Waals surface area contributed by atoms with Gasteiger partial charge < -0.3 is 10.6 Å². The average Bonchev–Trinajstić information content (AvgIpc) is 2.50. The minimum absolute atomic E-state index is 0.147. The molecule has 0 amide bonds. The summed E-state index contributed by atoms with van der Waals surface area (Å²) in [4.78, 5) is 6.88. The van der Waals surface area contributed by atoms with Crippen molar-refractivity contribution in [2.45, 2.75) is 45.7 Å². The summed E-state index contributed by atoms with van der Waals surface area (Å²) in [5.41, 5.74) is 6.52. The van der Waals surface area contributed by atoms with Gasteiger partial charge in [-0.25, -0.2) is 0 Å². The van der Waals surface area contributed by atoms with Crippen LogP contribution in [0.5, 0.6) is 0 Å². The van der Waals surface area contributed by atoms with Crippen molar-refractivity contribution in [2.24, 2.45) is 16.1 Å². The van der Waals surface area contributed by atoms with E-state index in [1.165, 1.54) is 12.2 Å². The summed E-state index contributed by atoms with van der Waals surface area (Å²) in [5, 5.41) is 0. The third kappa shape index (κ3) is 1.53. The fraction of sp³-hybridized carbons (Fsp3) is 0.917. The Morgan fingerprint density at radius 1 is 1.44 bits per heavy atom. The first-order chi connectivity index (χ1) is 7.41. The second-order valence-electron chi connectivity index (χ2n) is 5.86. The minimum Gasteiger partial charge on any atom is -0.370 e. The number of hydrogen-bond acceptors (Lipinski definition) is 4. The molecule has 1 fully saturated rings. The van der Waals surface area contributed by atoms with Crippen molar-refractivity contribution in [1.82, 2.24) is 4.90 Å². The normalized spacial score (nSPS) is 33.6. The largest absolute Gasteiger partial charge is 0.370 e. The molecule has 2 rings (SSSR count). The molecule has 0 aromatic heterocycles. The lowest BCUT2D eigenvalue weighted by molar-refractivity contribution is 0.0475. The Hall–Kier alpha value is -0.380. The highest BCUT2D eigenvalue weighted by molar-refractivity contribution is 7.99. The van der Waals surface area contributed by atoms with Crippen molar-refractivity contribution in [2.75, 3.05) is 18.1 Å². The van der Waals surface area contributed by atoms with Crippen LogP contribution < -0.4 is 5.73 Å². The summed E-state index contributed by atoms with van der Waals surface area (Å²) in [6, 6.07) is 0.434. The van der Waals surface area contributed by atoms with Gasteiger partial charge >= 0.3 is 0 Å². The smallest absolute Gasteiger partial charge is 0.192 e. The van der Waals surface area contributed by atoms with E-state index in [9.17, 15) is 0 Å². The van der Waals surface area contributed by atoms with Crippen LogP contribution in [0.25, 0.3) is 0 Å². The molecule has 0 aliphatic carbocycles. The van der Waals surface area contributed by atoms with Crippen molar-refractivity contribution >= 4 is 17.7 Å². The summed E-state index contributed by atoms with van der Waals surface area (Å²) in [6.45, 7) is 10.0. The molecule has 3 nitrogen and oxygen atoms in total. The summed E-state index contributed by atoms with van der Waals surface area (Å²) >= 11 is 2.05. The molecule has 92 valence electrons. The van der Waals surface area contributed by atoms with Gasteiger partial charge in [-0.1, -0.05) is 13.8 Å². The number of guanidine groups is 1. The van der Waals surface area contributed by atoms with E-state index < -0.39 is 0 Å². The number of nitrogens with zero attached hydrogens (tertiary/aromatic N) is 2. The van der Waals surface area contributed by atoms with Gasteiger partial charge in [0.25, 0.3) is 0 Å². The van der Waals surface area contributed by atoms with Gasteiger partial charge in [-0.05, 0) is 31.4 Å². The van der Waals surface area contributed by atoms with Gasteiger partial charge in [-0.2, -0.15) is 11.8 Å². The lowest BCUT2D eigenvalue weighted by atomic mass is 9.70. The van der Waals surface area contributed by atoms with Gasteiger partial charge in [0.05, 0.1) is 12.1 Å². The fourth-order valence-electron chi connectivity index (χ4n) is 2.99. The maximum absolute atomic E-state index is 6.07. The number of thioether (sulfide) groups is 1. The molecule has 0 radical (unpaired) electrons. The van der Waals surface area contributed by atoms with Crippen LogP contribution in [0.2, 0.25) is 0 Å². The fourth-order valence-corrected chi connectivity index (χ4v) is 4.75. The predicted octanol–water partition coefficient (Wildman–Crippen LogP) is 1.93. The van der Waals surface area contributed by atoms with Gasteiger partial charge in [0.15, 0.2) is 5.96 Å². The first-order valence-electron chi connectivity index (χ1n) is 6.08. The summed E-state index contributed by atoms with van der Waals surface area (Å²) in [6.07, 6.45) is 1.25. The van der Waals surface area contributed by atoms with Gasteiger partial charge in [-0.3, -0.25) is 4.99 Å². The Morgan fingerprint density at radius 2 is 2.12 bits per heavy atom. The van der Waals surface area contributed by atoms with Crippen LogP contribution in [0.4, 0.5) is 0 Å². The maximum atomic E-state index is 6.07. The molecule has 2 aliphatic rings. The van der Waals surface area contributed by atoms with E-state index in [2.05, 4.69) is 37.6 Å². The number of aliphatic imine (C=N–C) groups is 1. The van der Waals surface area contributed by atoms with Crippen LogP contribution in [-0.2, 0) is 0 Å². The molecule has 1 saturated heterocycles. The van der Waals surface area contributed by atoms with Crippen molar-refractivity contribution in [3.63, 3.8) is 0 Å². The molecule has 0 bridgehead atoms. The minimum atomic E-state index is 0.147. The second kappa shape index (κ2) is 3.83. The molecule has 16 heavy (non-hydrogen) atoms. The molecular formula is C12H23N3S. The van der Waals surface area contributed by atoms with Crippen molar-refractivity contribution < 1.29 is 0 Å². The van der Waals surface area contributed by atoms with Crippen LogP contribution >= 0.6 is 11.8 Å². The molecule has 0 saturated carbocycles. The second-order valence-corrected chi connectivity index (χ2v) is 6.96. The van der Waals surface area contributed by atoms with E-state index >= 15 is 0 Å². The SMILES string of the molecule is CC(C)N1C(N)=NCC12CSCCC2(C)C. The molecule has 2 heterocycles. The third-order valence-electron chi connectivity index (χ3n) is 4.20. The van der Waals surface area contributed by atoms with Crippen molar-refractivity contribution in [1.29, 1.82) is 0 Å². The summed E-state index contributed by atoms with van der Waals surface area (Å²) < 4.78 is 0. The number of hydrogen-bond donors (Lipinski definition) is 1. The molecule has 0 aromatic rings. The molecule has 1 atom stereocenters. The Kier molecular flexibility index (Phi) is 2.89. The van der Waals surface area contributed by atoms with E-state index in [0.29, 0.717) is 11.5 Å². The Morgan fingerprint density at radius 3 is 2.69 bits per heavy atom. The van der Waals surface area contributed by atoms with E-state index in [-0.39, 0.29) is 5.54 Å². The third-order valence-corrected chi connectivity index (χ3v) is 5.37. The highest BCUT2D eigenvalue weighted by Crippen LogP contribution is 2.48. The highest BCUT2D eigenvalue weighted by Gasteiger charge is 2.54. The Bertz CT molecular complexity index is 311. The quantitative estimate of drug-likeness (QED) is 0.762. The van der Waals surface area contributed by atoms with Crippen LogP contribution in [0.3, 0.4) is 0 Å². The van der Waals surface area contributed by atoms with E-state index in [4.69, 9.17) is 5.73 Å². The lowest BCUT2D eigenvalue weighted by Gasteiger charge is -2.54. The monoisotopic (exact) mass is 241 g/mol. The Balaban J connectivity index is 2.37. The first-order valence-corrected chi connectivity index (χ1v) is 7.23. The standard InChI is InChI=1S/C12H23N3S/c1-9(2)15-10(13)14-7-12(15)8-16-6-5-11(12,3)4/h9H,5-8H2,1-4H3,(H2,13,14). The molecule has 2 aliphatic heterocycles. The zero-order valence-electron chi connectivity index (χ0n) is 10.8. The summed E-state index contributed by atoms with van der Waals surface area (Å²) in [5.74, 6) is 3.16. The highest BCUT2D eigenvalue weighted by atomic mass is 32.2. The predicted molar refractivity (Wildman–Crippen MR) is 71.9 cm³/mol. The van der Waals surface area contributed by atoms with Crippen LogP contribution in [0, 0.1) is 5.41 Å². The van der Waals surface area contributed by atoms with Crippen LogP contribution in [-0.4, -0.2) is 40.5 Å². The molecule has 2 N–H and O–H groups in total. The van der Waals surface area contributed by atoms with Gasteiger partial charge in [-0.15, -0.1) is 0 Å². The molecule has 4 heteroatoms. The Labute approximate surface area is 103 Å². The van der Waals surface area contributed by atoms with Gasteiger partial charge in [0, 0.05) is 11.8 Å². The zero-order chi connectivity index (χ0) is 12.0. The van der Waals surface area contributed by atoms with Crippen LogP contribution in [0.1, 0.15) is 34.1 Å². The summed E-state index contributed by atoms with van der Waals surface area (Å²) in [7, 11) is 0. The first kappa shape index (κ1) is 12.1. The van der Waals surface area contributed by atoms with Gasteiger partial charge in [0.1, 0.15) is 0 Å². The van der Waals surface area contributed by atoms with Crippen LogP contribution in [0.15, 0.2) is 4.99 Å². The van der Waals surface area contributed by atoms with Crippen molar-refractivity contribution in [3.8, 4) is 0 Å². The molecule has 0 aromatic carbocycles. The molecule has 1 unspecified atom stereocenters. The maximum Gasteiger partial charge on any atom is 0.192 e. The topological polar surface area (TPSA) is 41.6 Å². The zero-order valence-corrected chi connectivity index (χ0v) is 11.6. The van der Waals surface area contributed by atoms with E-state index in [1.807, 2.05) is 11.8 Å². The van der Waals surface area contributed by atoms with E-state index in [0.717, 1.165) is 18.3 Å². The number of rotatable bonds is 1. The molecular weight excluding hydrogens is 218 g/mol. The van der Waals surface area contributed by atoms with Gasteiger partial charge in [0.2, 0.25) is 0 Å². The van der Waals surface area contributed by atoms with E-state index in [1.54, 1.807) is 0 Å².